The quantitative estimate of drug-likeness (QED) is 0.558. The van der Waals surface area contributed by atoms with Crippen LogP contribution in [0.5, 0.6) is 0 Å². The van der Waals surface area contributed by atoms with E-state index in [1.807, 2.05) is 82.8 Å². The van der Waals surface area contributed by atoms with Gasteiger partial charge in [0.15, 0.2) is 4.96 Å². The number of benzene rings is 2. The first-order valence-corrected chi connectivity index (χ1v) is 8.78. The summed E-state index contributed by atoms with van der Waals surface area (Å²) in [6.07, 6.45) is 4.06. The molecular weight excluding hydrogens is 332 g/mol. The number of hydrogen-bond donors (Lipinski definition) is 1. The lowest BCUT2D eigenvalue weighted by atomic mass is 10.2. The zero-order valence-corrected chi connectivity index (χ0v) is 14.2. The van der Waals surface area contributed by atoms with E-state index in [0.717, 1.165) is 22.0 Å². The number of hydrazine groups is 1. The van der Waals surface area contributed by atoms with E-state index in [1.165, 1.54) is 0 Å². The van der Waals surface area contributed by atoms with Gasteiger partial charge in [-0.3, -0.25) is 19.6 Å². The van der Waals surface area contributed by atoms with Gasteiger partial charge in [0.05, 0.1) is 23.5 Å². The van der Waals surface area contributed by atoms with Crippen molar-refractivity contribution < 1.29 is 4.79 Å². The van der Waals surface area contributed by atoms with Crippen LogP contribution in [0.3, 0.4) is 0 Å². The number of anilines is 2. The van der Waals surface area contributed by atoms with Gasteiger partial charge >= 0.3 is 0 Å². The fourth-order valence-corrected chi connectivity index (χ4v) is 3.34. The van der Waals surface area contributed by atoms with Gasteiger partial charge in [-0.1, -0.05) is 36.4 Å². The van der Waals surface area contributed by atoms with Gasteiger partial charge < -0.3 is 0 Å². The molecule has 0 saturated heterocycles. The van der Waals surface area contributed by atoms with E-state index in [0.29, 0.717) is 0 Å². The van der Waals surface area contributed by atoms with Crippen molar-refractivity contribution in [3.05, 3.63) is 84.1 Å². The van der Waals surface area contributed by atoms with Crippen molar-refractivity contribution >= 4 is 33.6 Å². The van der Waals surface area contributed by atoms with Crippen LogP contribution in [0.2, 0.25) is 0 Å². The molecule has 0 unspecified atom stereocenters. The third-order valence-corrected chi connectivity index (χ3v) is 4.52. The van der Waals surface area contributed by atoms with Gasteiger partial charge in [-0.2, -0.15) is 0 Å². The maximum absolute atomic E-state index is 12.6. The van der Waals surface area contributed by atoms with Gasteiger partial charge in [0.25, 0.3) is 0 Å². The fraction of sp³-hybridized carbons (Fsp3) is 0.0526. The van der Waals surface area contributed by atoms with Crippen LogP contribution in [-0.2, 0) is 11.2 Å². The molecule has 25 heavy (non-hydrogen) atoms. The van der Waals surface area contributed by atoms with E-state index >= 15 is 0 Å². The first-order valence-electron chi connectivity index (χ1n) is 7.90. The average molecular weight is 348 g/mol. The molecular formula is C19H16N4OS. The van der Waals surface area contributed by atoms with Gasteiger partial charge in [0.1, 0.15) is 0 Å². The van der Waals surface area contributed by atoms with Crippen molar-refractivity contribution in [3.63, 3.8) is 0 Å². The van der Waals surface area contributed by atoms with E-state index < -0.39 is 0 Å². The summed E-state index contributed by atoms with van der Waals surface area (Å²) in [6, 6.07) is 19.5. The summed E-state index contributed by atoms with van der Waals surface area (Å²) in [5.74, 6) is -0.113. The standard InChI is InChI=1S/C19H16N4OS/c24-18(13-15-14-22-11-12-25-19(22)20-15)21-23(16-7-3-1-4-8-16)17-9-5-2-6-10-17/h1-12,14H,13H2,(H,21,24). The lowest BCUT2D eigenvalue weighted by Crippen LogP contribution is -2.39. The molecule has 2 heterocycles. The molecule has 0 aliphatic heterocycles. The molecule has 0 aliphatic rings. The highest BCUT2D eigenvalue weighted by atomic mass is 32.1. The molecule has 6 heteroatoms. The second-order valence-corrected chi connectivity index (χ2v) is 6.42. The fourth-order valence-electron chi connectivity index (χ4n) is 2.62. The molecule has 2 aromatic heterocycles. The molecule has 4 rings (SSSR count). The third kappa shape index (κ3) is 3.39. The molecule has 0 saturated carbocycles. The third-order valence-electron chi connectivity index (χ3n) is 3.75. The predicted octanol–water partition coefficient (Wildman–Crippen LogP) is 3.81. The maximum atomic E-state index is 12.6. The highest BCUT2D eigenvalue weighted by molar-refractivity contribution is 7.15. The summed E-state index contributed by atoms with van der Waals surface area (Å²) < 4.78 is 1.93. The van der Waals surface area contributed by atoms with Crippen molar-refractivity contribution in [3.8, 4) is 0 Å². The molecule has 0 fully saturated rings. The smallest absolute Gasteiger partial charge is 0.244 e. The van der Waals surface area contributed by atoms with Crippen molar-refractivity contribution in [1.82, 2.24) is 14.8 Å². The molecule has 0 bridgehead atoms. The first kappa shape index (κ1) is 15.4. The van der Waals surface area contributed by atoms with E-state index in [9.17, 15) is 4.79 Å². The number of nitrogens with zero attached hydrogens (tertiary/aromatic N) is 3. The van der Waals surface area contributed by atoms with Crippen LogP contribution >= 0.6 is 11.3 Å². The topological polar surface area (TPSA) is 49.6 Å². The number of hydrogen-bond acceptors (Lipinski definition) is 4. The molecule has 0 spiro atoms. The summed E-state index contributed by atoms with van der Waals surface area (Å²) >= 11 is 1.55. The molecule has 5 nitrogen and oxygen atoms in total. The summed E-state index contributed by atoms with van der Waals surface area (Å²) in [5.41, 5.74) is 5.53. The monoisotopic (exact) mass is 348 g/mol. The number of rotatable bonds is 5. The minimum Gasteiger partial charge on any atom is -0.297 e. The lowest BCUT2D eigenvalue weighted by Gasteiger charge is -2.25. The molecule has 124 valence electrons. The summed E-state index contributed by atoms with van der Waals surface area (Å²) in [6.45, 7) is 0. The Morgan fingerprint density at radius 1 is 1.04 bits per heavy atom. The molecule has 1 amide bonds. The maximum Gasteiger partial charge on any atom is 0.244 e. The van der Waals surface area contributed by atoms with E-state index in [-0.39, 0.29) is 12.3 Å². The van der Waals surface area contributed by atoms with Crippen LogP contribution in [0.4, 0.5) is 11.4 Å². The normalized spacial score (nSPS) is 10.7. The Morgan fingerprint density at radius 2 is 1.68 bits per heavy atom. The molecule has 2 aromatic carbocycles. The molecule has 0 radical (unpaired) electrons. The molecule has 0 aliphatic carbocycles. The minimum absolute atomic E-state index is 0.113. The summed E-state index contributed by atoms with van der Waals surface area (Å²) in [5, 5.41) is 3.76. The van der Waals surface area contributed by atoms with Crippen LogP contribution in [0.25, 0.3) is 4.96 Å². The van der Waals surface area contributed by atoms with Crippen LogP contribution in [0.15, 0.2) is 78.4 Å². The summed E-state index contributed by atoms with van der Waals surface area (Å²) in [4.78, 5) is 17.9. The van der Waals surface area contributed by atoms with Gasteiger partial charge in [-0.05, 0) is 24.3 Å². The second-order valence-electron chi connectivity index (χ2n) is 5.54. The Bertz CT molecular complexity index is 910. The number of fused-ring (bicyclic) bond motifs is 1. The molecule has 1 N–H and O–H groups in total. The second kappa shape index (κ2) is 6.78. The highest BCUT2D eigenvalue weighted by Gasteiger charge is 2.14. The van der Waals surface area contributed by atoms with E-state index in [4.69, 9.17) is 0 Å². The van der Waals surface area contributed by atoms with Crippen molar-refractivity contribution in [2.24, 2.45) is 0 Å². The number of thiazole rings is 1. The van der Waals surface area contributed by atoms with E-state index in [1.54, 1.807) is 16.3 Å². The zero-order chi connectivity index (χ0) is 17.1. The number of carbonyl (C=O) groups is 1. The van der Waals surface area contributed by atoms with Gasteiger partial charge in [-0.25, -0.2) is 4.98 Å². The van der Waals surface area contributed by atoms with Crippen LogP contribution < -0.4 is 10.4 Å². The Morgan fingerprint density at radius 3 is 2.28 bits per heavy atom. The highest BCUT2D eigenvalue weighted by Crippen LogP contribution is 2.22. The Labute approximate surface area is 149 Å². The zero-order valence-electron chi connectivity index (χ0n) is 13.4. The van der Waals surface area contributed by atoms with Gasteiger partial charge in [0.2, 0.25) is 5.91 Å². The number of amides is 1. The van der Waals surface area contributed by atoms with Crippen molar-refractivity contribution in [2.75, 3.05) is 5.01 Å². The number of nitrogens with one attached hydrogen (secondary N) is 1. The minimum atomic E-state index is -0.113. The lowest BCUT2D eigenvalue weighted by molar-refractivity contribution is -0.120. The largest absolute Gasteiger partial charge is 0.297 e. The first-order chi connectivity index (χ1) is 12.3. The van der Waals surface area contributed by atoms with Crippen LogP contribution in [0.1, 0.15) is 5.69 Å². The number of para-hydroxylation sites is 2. The Balaban J connectivity index is 1.55. The Hall–Kier alpha value is -3.12. The molecule has 0 atom stereocenters. The number of imidazole rings is 1. The van der Waals surface area contributed by atoms with Gasteiger partial charge in [0, 0.05) is 17.8 Å². The van der Waals surface area contributed by atoms with Crippen LogP contribution in [0, 0.1) is 0 Å². The van der Waals surface area contributed by atoms with Gasteiger partial charge in [-0.15, -0.1) is 11.3 Å². The number of aromatic nitrogens is 2. The van der Waals surface area contributed by atoms with Crippen molar-refractivity contribution in [1.29, 1.82) is 0 Å². The predicted molar refractivity (Wildman–Crippen MR) is 99.9 cm³/mol. The SMILES string of the molecule is O=C(Cc1cn2ccsc2n1)NN(c1ccccc1)c1ccccc1. The van der Waals surface area contributed by atoms with Crippen LogP contribution in [-0.4, -0.2) is 15.3 Å². The van der Waals surface area contributed by atoms with E-state index in [2.05, 4.69) is 10.4 Å². The van der Waals surface area contributed by atoms with Crippen molar-refractivity contribution in [2.45, 2.75) is 6.42 Å². The molecule has 4 aromatic rings. The average Bonchev–Trinajstić information content (AvgIpc) is 3.23. The number of carbonyl (C=O) groups excluding carboxylic acids is 1. The Kier molecular flexibility index (Phi) is 4.18. The summed E-state index contributed by atoms with van der Waals surface area (Å²) in [7, 11) is 0.